The molecule has 1 fully saturated rings. The van der Waals surface area contributed by atoms with Crippen LogP contribution in [-0.4, -0.2) is 55.3 Å². The maximum absolute atomic E-state index is 13.0. The van der Waals surface area contributed by atoms with E-state index >= 15 is 0 Å². The Labute approximate surface area is 173 Å². The molecule has 1 aliphatic heterocycles. The average molecular weight is 394 g/mol. The topological polar surface area (TPSA) is 52.6 Å². The Morgan fingerprint density at radius 3 is 2.17 bits per heavy atom. The van der Waals surface area contributed by atoms with Gasteiger partial charge in [-0.05, 0) is 50.6 Å². The quantitative estimate of drug-likeness (QED) is 0.785. The molecule has 0 aliphatic carbocycles. The average Bonchev–Trinajstić information content (AvgIpc) is 2.74. The van der Waals surface area contributed by atoms with Crippen molar-refractivity contribution >= 4 is 11.8 Å². The van der Waals surface area contributed by atoms with Gasteiger partial charge in [-0.1, -0.05) is 48.5 Å². The number of nitrogens with one attached hydrogen (secondary N) is 1. The van der Waals surface area contributed by atoms with Crippen LogP contribution >= 0.6 is 0 Å². The smallest absolute Gasteiger partial charge is 0.251 e. The molecule has 2 aromatic rings. The number of likely N-dealkylation sites (tertiary alicyclic amines) is 1. The molecule has 1 heterocycles. The van der Waals surface area contributed by atoms with Crippen LogP contribution in [0, 0.1) is 5.92 Å². The minimum absolute atomic E-state index is 0.107. The highest BCUT2D eigenvalue weighted by Gasteiger charge is 2.26. The Morgan fingerprint density at radius 1 is 1.00 bits per heavy atom. The fourth-order valence-corrected chi connectivity index (χ4v) is 3.95. The number of hydrogen-bond donors (Lipinski definition) is 1. The predicted octanol–water partition coefficient (Wildman–Crippen LogP) is 3.35. The molecule has 2 aromatic carbocycles. The summed E-state index contributed by atoms with van der Waals surface area (Å²) >= 11 is 0. The first-order valence-electron chi connectivity index (χ1n) is 10.4. The first kappa shape index (κ1) is 21.1. The third-order valence-corrected chi connectivity index (χ3v) is 5.51. The molecule has 0 aromatic heterocycles. The number of hydrogen-bond acceptors (Lipinski definition) is 3. The molecule has 2 amide bonds. The highest BCUT2D eigenvalue weighted by Crippen LogP contribution is 2.22. The van der Waals surface area contributed by atoms with E-state index in [4.69, 9.17) is 0 Å². The molecule has 1 N–H and O–H groups in total. The van der Waals surface area contributed by atoms with E-state index in [1.165, 1.54) is 0 Å². The summed E-state index contributed by atoms with van der Waals surface area (Å²) in [5.41, 5.74) is 1.55. The van der Waals surface area contributed by atoms with E-state index in [1.807, 2.05) is 53.4 Å². The van der Waals surface area contributed by atoms with Crippen molar-refractivity contribution in [2.75, 3.05) is 33.7 Å². The maximum Gasteiger partial charge on any atom is 0.251 e. The van der Waals surface area contributed by atoms with E-state index in [0.29, 0.717) is 11.5 Å². The van der Waals surface area contributed by atoms with Crippen molar-refractivity contribution in [1.29, 1.82) is 0 Å². The number of benzene rings is 2. The predicted molar refractivity (Wildman–Crippen MR) is 116 cm³/mol. The molecule has 1 aliphatic rings. The minimum Gasteiger partial charge on any atom is -0.345 e. The van der Waals surface area contributed by atoms with Crippen molar-refractivity contribution in [1.82, 2.24) is 15.1 Å². The number of rotatable bonds is 7. The number of carbonyl (C=O) groups excluding carboxylic acids is 2. The van der Waals surface area contributed by atoms with E-state index in [2.05, 4.69) is 24.3 Å². The normalized spacial score (nSPS) is 15.9. The van der Waals surface area contributed by atoms with Gasteiger partial charge in [0.05, 0.1) is 12.5 Å². The Kier molecular flexibility index (Phi) is 7.42. The van der Waals surface area contributed by atoms with E-state index in [-0.39, 0.29) is 24.3 Å². The zero-order chi connectivity index (χ0) is 20.6. The van der Waals surface area contributed by atoms with Crippen molar-refractivity contribution in [3.8, 4) is 0 Å². The van der Waals surface area contributed by atoms with Gasteiger partial charge < -0.3 is 15.1 Å². The Bertz CT molecular complexity index is 784. The molecule has 0 bridgehead atoms. The lowest BCUT2D eigenvalue weighted by Gasteiger charge is -2.34. The molecule has 0 spiro atoms. The van der Waals surface area contributed by atoms with Gasteiger partial charge in [-0.2, -0.15) is 0 Å². The fraction of sp³-hybridized carbons (Fsp3) is 0.417. The van der Waals surface area contributed by atoms with Gasteiger partial charge in [0, 0.05) is 25.2 Å². The lowest BCUT2D eigenvalue weighted by Crippen LogP contribution is -2.42. The summed E-state index contributed by atoms with van der Waals surface area (Å²) in [5.74, 6) is 0.601. The minimum atomic E-state index is -0.337. The summed E-state index contributed by atoms with van der Waals surface area (Å²) in [4.78, 5) is 29.9. The van der Waals surface area contributed by atoms with Crippen LogP contribution in [0.1, 0.15) is 41.2 Å². The van der Waals surface area contributed by atoms with Crippen molar-refractivity contribution < 1.29 is 9.59 Å². The van der Waals surface area contributed by atoms with Crippen molar-refractivity contribution in [3.05, 3.63) is 71.8 Å². The van der Waals surface area contributed by atoms with Gasteiger partial charge in [-0.15, -0.1) is 0 Å². The summed E-state index contributed by atoms with van der Waals surface area (Å²) in [6, 6.07) is 18.6. The summed E-state index contributed by atoms with van der Waals surface area (Å²) in [6.07, 6.45) is 2.35. The van der Waals surface area contributed by atoms with Crippen molar-refractivity contribution in [2.24, 2.45) is 5.92 Å². The first-order valence-corrected chi connectivity index (χ1v) is 10.4. The second kappa shape index (κ2) is 10.2. The lowest BCUT2D eigenvalue weighted by atomic mass is 9.95. The van der Waals surface area contributed by atoms with Crippen LogP contribution in [0.4, 0.5) is 0 Å². The summed E-state index contributed by atoms with van der Waals surface area (Å²) in [6.45, 7) is 2.67. The van der Waals surface area contributed by atoms with Crippen molar-refractivity contribution in [2.45, 2.75) is 25.3 Å². The van der Waals surface area contributed by atoms with Crippen LogP contribution in [0.3, 0.4) is 0 Å². The monoisotopic (exact) mass is 393 g/mol. The molecule has 154 valence electrons. The van der Waals surface area contributed by atoms with Gasteiger partial charge in [0.25, 0.3) is 5.91 Å². The van der Waals surface area contributed by atoms with Gasteiger partial charge in [0.15, 0.2) is 0 Å². The first-order chi connectivity index (χ1) is 14.0. The number of nitrogens with zero attached hydrogens (tertiary/aromatic N) is 2. The number of amides is 2. The Hall–Kier alpha value is -2.66. The SMILES string of the molecule is CN(C)CC1CCN(C(=O)CC(NC(=O)c2ccccc2)c2ccccc2)CC1. The molecule has 29 heavy (non-hydrogen) atoms. The molecule has 3 rings (SSSR count). The van der Waals surface area contributed by atoms with Gasteiger partial charge in [-0.3, -0.25) is 9.59 Å². The van der Waals surface area contributed by atoms with Crippen LogP contribution in [-0.2, 0) is 4.79 Å². The van der Waals surface area contributed by atoms with Crippen LogP contribution in [0.2, 0.25) is 0 Å². The van der Waals surface area contributed by atoms with E-state index < -0.39 is 0 Å². The van der Waals surface area contributed by atoms with E-state index in [0.717, 1.165) is 38.0 Å². The molecule has 1 unspecified atom stereocenters. The Morgan fingerprint density at radius 2 is 1.59 bits per heavy atom. The molecule has 0 saturated carbocycles. The molecular formula is C24H31N3O2. The zero-order valence-corrected chi connectivity index (χ0v) is 17.4. The Balaban J connectivity index is 1.64. The maximum atomic E-state index is 13.0. The highest BCUT2D eigenvalue weighted by molar-refractivity contribution is 5.94. The third-order valence-electron chi connectivity index (χ3n) is 5.51. The van der Waals surface area contributed by atoms with Gasteiger partial charge in [0.1, 0.15) is 0 Å². The van der Waals surface area contributed by atoms with Crippen LogP contribution in [0.5, 0.6) is 0 Å². The second-order valence-corrected chi connectivity index (χ2v) is 8.09. The number of carbonyl (C=O) groups is 2. The number of piperidine rings is 1. The molecule has 0 radical (unpaired) electrons. The molecule has 1 atom stereocenters. The van der Waals surface area contributed by atoms with E-state index in [9.17, 15) is 9.59 Å². The fourth-order valence-electron chi connectivity index (χ4n) is 3.95. The largest absolute Gasteiger partial charge is 0.345 e. The van der Waals surface area contributed by atoms with Gasteiger partial charge >= 0.3 is 0 Å². The second-order valence-electron chi connectivity index (χ2n) is 8.09. The van der Waals surface area contributed by atoms with Gasteiger partial charge in [0.2, 0.25) is 5.91 Å². The van der Waals surface area contributed by atoms with Crippen LogP contribution in [0.15, 0.2) is 60.7 Å². The molecule has 1 saturated heterocycles. The van der Waals surface area contributed by atoms with E-state index in [1.54, 1.807) is 12.1 Å². The molecule has 5 heteroatoms. The standard InChI is InChI=1S/C24H31N3O2/c1-26(2)18-19-13-15-27(16-14-19)23(28)17-22(20-9-5-3-6-10-20)25-24(29)21-11-7-4-8-12-21/h3-12,19,22H,13-18H2,1-2H3,(H,25,29). The lowest BCUT2D eigenvalue weighted by molar-refractivity contribution is -0.133. The van der Waals surface area contributed by atoms with Crippen LogP contribution < -0.4 is 5.32 Å². The molecular weight excluding hydrogens is 362 g/mol. The van der Waals surface area contributed by atoms with Crippen LogP contribution in [0.25, 0.3) is 0 Å². The van der Waals surface area contributed by atoms with Gasteiger partial charge in [-0.25, -0.2) is 0 Å². The summed E-state index contributed by atoms with van der Waals surface area (Å²) in [7, 11) is 4.19. The summed E-state index contributed by atoms with van der Waals surface area (Å²) < 4.78 is 0. The summed E-state index contributed by atoms with van der Waals surface area (Å²) in [5, 5.41) is 3.06. The third kappa shape index (κ3) is 6.16. The van der Waals surface area contributed by atoms with Crippen molar-refractivity contribution in [3.63, 3.8) is 0 Å². The molecule has 5 nitrogen and oxygen atoms in total. The highest BCUT2D eigenvalue weighted by atomic mass is 16.2. The zero-order valence-electron chi connectivity index (χ0n) is 17.4.